The summed E-state index contributed by atoms with van der Waals surface area (Å²) in [6.45, 7) is 2.05. The van der Waals surface area contributed by atoms with Gasteiger partial charge in [0, 0.05) is 44.7 Å². The maximum atomic E-state index is 9.08. The highest BCUT2D eigenvalue weighted by molar-refractivity contribution is 6.30. The standard InChI is InChI=1S/C14H17ClN2O2/c1-18-14(4-6-19-7-5-14)10-17-13-8-12(15)3-2-11(13)9-16/h2-3,8,17H,4-7,10H2,1H3. The molecular formula is C14H17ClN2O2. The van der Waals surface area contributed by atoms with Gasteiger partial charge in [-0.2, -0.15) is 5.26 Å². The largest absolute Gasteiger partial charge is 0.381 e. The van der Waals surface area contributed by atoms with E-state index in [0.717, 1.165) is 18.5 Å². The van der Waals surface area contributed by atoms with E-state index in [1.807, 2.05) is 0 Å². The molecule has 0 bridgehead atoms. The van der Waals surface area contributed by atoms with Crippen LogP contribution in [0.5, 0.6) is 0 Å². The van der Waals surface area contributed by atoms with Gasteiger partial charge in [-0.1, -0.05) is 11.6 Å². The summed E-state index contributed by atoms with van der Waals surface area (Å²) < 4.78 is 11.0. The van der Waals surface area contributed by atoms with Crippen LogP contribution in [-0.4, -0.2) is 32.5 Å². The summed E-state index contributed by atoms with van der Waals surface area (Å²) in [5.74, 6) is 0. The number of ether oxygens (including phenoxy) is 2. The molecule has 0 amide bonds. The Hall–Kier alpha value is -1.28. The van der Waals surface area contributed by atoms with Crippen LogP contribution in [0.4, 0.5) is 5.69 Å². The van der Waals surface area contributed by atoms with E-state index in [9.17, 15) is 0 Å². The van der Waals surface area contributed by atoms with Gasteiger partial charge in [0.1, 0.15) is 6.07 Å². The molecule has 0 unspecified atom stereocenters. The summed E-state index contributed by atoms with van der Waals surface area (Å²) in [5.41, 5.74) is 1.11. The first kappa shape index (κ1) is 14.1. The van der Waals surface area contributed by atoms with Gasteiger partial charge in [-0.15, -0.1) is 0 Å². The molecule has 1 N–H and O–H groups in total. The van der Waals surface area contributed by atoms with Crippen molar-refractivity contribution in [3.8, 4) is 6.07 Å². The van der Waals surface area contributed by atoms with Crippen LogP contribution in [0.15, 0.2) is 18.2 Å². The molecule has 1 aliphatic heterocycles. The Bertz CT molecular complexity index is 479. The van der Waals surface area contributed by atoms with Crippen molar-refractivity contribution < 1.29 is 9.47 Å². The van der Waals surface area contributed by atoms with E-state index in [0.29, 0.717) is 30.3 Å². The lowest BCUT2D eigenvalue weighted by Gasteiger charge is -2.36. The second-order valence-corrected chi connectivity index (χ2v) is 5.09. The molecule has 0 aliphatic carbocycles. The third-order valence-electron chi connectivity index (χ3n) is 3.54. The van der Waals surface area contributed by atoms with Crippen molar-refractivity contribution in [2.24, 2.45) is 0 Å². The number of rotatable bonds is 4. The van der Waals surface area contributed by atoms with Crippen molar-refractivity contribution in [2.45, 2.75) is 18.4 Å². The molecule has 4 nitrogen and oxygen atoms in total. The van der Waals surface area contributed by atoms with Crippen LogP contribution in [0.2, 0.25) is 5.02 Å². The molecule has 0 saturated carbocycles. The Morgan fingerprint density at radius 1 is 1.47 bits per heavy atom. The zero-order valence-corrected chi connectivity index (χ0v) is 11.7. The molecule has 1 aromatic carbocycles. The third kappa shape index (κ3) is 3.38. The van der Waals surface area contributed by atoms with E-state index in [2.05, 4.69) is 11.4 Å². The highest BCUT2D eigenvalue weighted by Crippen LogP contribution is 2.27. The Morgan fingerprint density at radius 2 is 2.21 bits per heavy atom. The molecule has 0 radical (unpaired) electrons. The summed E-state index contributed by atoms with van der Waals surface area (Å²) in [5, 5.41) is 13.0. The molecule has 0 atom stereocenters. The molecule has 5 heteroatoms. The third-order valence-corrected chi connectivity index (χ3v) is 3.78. The van der Waals surface area contributed by atoms with Gasteiger partial charge in [-0.3, -0.25) is 0 Å². The molecule has 1 aliphatic rings. The number of hydrogen-bond acceptors (Lipinski definition) is 4. The number of methoxy groups -OCH3 is 1. The molecule has 1 aromatic rings. The summed E-state index contributed by atoms with van der Waals surface area (Å²) in [6.07, 6.45) is 1.69. The van der Waals surface area contributed by atoms with Gasteiger partial charge < -0.3 is 14.8 Å². The average molecular weight is 281 g/mol. The van der Waals surface area contributed by atoms with Crippen molar-refractivity contribution in [1.82, 2.24) is 0 Å². The monoisotopic (exact) mass is 280 g/mol. The minimum absolute atomic E-state index is 0.229. The molecular weight excluding hydrogens is 264 g/mol. The lowest BCUT2D eigenvalue weighted by atomic mass is 9.94. The fraction of sp³-hybridized carbons (Fsp3) is 0.500. The van der Waals surface area contributed by atoms with Gasteiger partial charge in [-0.05, 0) is 18.2 Å². The zero-order valence-electron chi connectivity index (χ0n) is 10.9. The van der Waals surface area contributed by atoms with Gasteiger partial charge in [0.05, 0.1) is 16.9 Å². The molecule has 0 spiro atoms. The molecule has 2 rings (SSSR count). The smallest absolute Gasteiger partial charge is 0.101 e. The van der Waals surface area contributed by atoms with Crippen LogP contribution >= 0.6 is 11.6 Å². The number of nitriles is 1. The zero-order chi connectivity index (χ0) is 13.7. The topological polar surface area (TPSA) is 54.3 Å². The van der Waals surface area contributed by atoms with Crippen molar-refractivity contribution >= 4 is 17.3 Å². The minimum Gasteiger partial charge on any atom is -0.381 e. The summed E-state index contributed by atoms with van der Waals surface area (Å²) in [4.78, 5) is 0. The van der Waals surface area contributed by atoms with E-state index in [1.54, 1.807) is 25.3 Å². The van der Waals surface area contributed by atoms with Crippen molar-refractivity contribution in [2.75, 3.05) is 32.2 Å². The normalized spacial score (nSPS) is 17.7. The lowest BCUT2D eigenvalue weighted by molar-refractivity contribution is -0.0807. The molecule has 0 aromatic heterocycles. The number of nitrogens with one attached hydrogen (secondary N) is 1. The van der Waals surface area contributed by atoms with Crippen molar-refractivity contribution in [3.63, 3.8) is 0 Å². The van der Waals surface area contributed by atoms with E-state index in [-0.39, 0.29) is 5.60 Å². The number of hydrogen-bond donors (Lipinski definition) is 1. The van der Waals surface area contributed by atoms with Gasteiger partial charge >= 0.3 is 0 Å². The molecule has 1 heterocycles. The molecule has 1 fully saturated rings. The van der Waals surface area contributed by atoms with Crippen molar-refractivity contribution in [3.05, 3.63) is 28.8 Å². The van der Waals surface area contributed by atoms with E-state index in [1.165, 1.54) is 0 Å². The maximum Gasteiger partial charge on any atom is 0.101 e. The van der Waals surface area contributed by atoms with Crippen LogP contribution in [0, 0.1) is 11.3 Å². The first-order valence-electron chi connectivity index (χ1n) is 6.25. The highest BCUT2D eigenvalue weighted by Gasteiger charge is 2.32. The lowest BCUT2D eigenvalue weighted by Crippen LogP contribution is -2.44. The van der Waals surface area contributed by atoms with E-state index in [4.69, 9.17) is 26.3 Å². The fourth-order valence-corrected chi connectivity index (χ4v) is 2.39. The van der Waals surface area contributed by atoms with Gasteiger partial charge in [0.15, 0.2) is 0 Å². The van der Waals surface area contributed by atoms with Crippen LogP contribution in [0.3, 0.4) is 0 Å². The Labute approximate surface area is 118 Å². The second-order valence-electron chi connectivity index (χ2n) is 4.65. The van der Waals surface area contributed by atoms with Gasteiger partial charge in [-0.25, -0.2) is 0 Å². The predicted molar refractivity (Wildman–Crippen MR) is 74.4 cm³/mol. The van der Waals surface area contributed by atoms with Crippen LogP contribution in [0.25, 0.3) is 0 Å². The van der Waals surface area contributed by atoms with E-state index < -0.39 is 0 Å². The SMILES string of the molecule is COC1(CNc2cc(Cl)ccc2C#N)CCOCC1. The van der Waals surface area contributed by atoms with Crippen molar-refractivity contribution in [1.29, 1.82) is 5.26 Å². The van der Waals surface area contributed by atoms with Crippen LogP contribution in [0.1, 0.15) is 18.4 Å². The number of anilines is 1. The molecule has 19 heavy (non-hydrogen) atoms. The average Bonchev–Trinajstić information content (AvgIpc) is 2.46. The van der Waals surface area contributed by atoms with Gasteiger partial charge in [0.2, 0.25) is 0 Å². The Morgan fingerprint density at radius 3 is 2.84 bits per heavy atom. The fourth-order valence-electron chi connectivity index (χ4n) is 2.21. The second kappa shape index (κ2) is 6.25. The van der Waals surface area contributed by atoms with Gasteiger partial charge in [0.25, 0.3) is 0 Å². The summed E-state index contributed by atoms with van der Waals surface area (Å²) in [7, 11) is 1.72. The highest BCUT2D eigenvalue weighted by atomic mass is 35.5. The van der Waals surface area contributed by atoms with Crippen LogP contribution in [-0.2, 0) is 9.47 Å². The molecule has 102 valence electrons. The number of nitrogens with zero attached hydrogens (tertiary/aromatic N) is 1. The molecule has 1 saturated heterocycles. The predicted octanol–water partition coefficient (Wildman–Crippen LogP) is 2.82. The summed E-state index contributed by atoms with van der Waals surface area (Å²) in [6, 6.07) is 7.35. The first-order valence-corrected chi connectivity index (χ1v) is 6.63. The summed E-state index contributed by atoms with van der Waals surface area (Å²) >= 11 is 5.96. The Balaban J connectivity index is 2.09. The first-order chi connectivity index (χ1) is 9.19. The minimum atomic E-state index is -0.229. The van der Waals surface area contributed by atoms with Crippen LogP contribution < -0.4 is 5.32 Å². The Kier molecular flexibility index (Phi) is 4.65. The number of benzene rings is 1. The number of halogens is 1. The quantitative estimate of drug-likeness (QED) is 0.921. The van der Waals surface area contributed by atoms with E-state index >= 15 is 0 Å². The maximum absolute atomic E-state index is 9.08.